The number of carbonyl (C=O) groups excluding carboxylic acids is 1. The van der Waals surface area contributed by atoms with Gasteiger partial charge >= 0.3 is 0 Å². The lowest BCUT2D eigenvalue weighted by atomic mass is 9.82. The fraction of sp³-hybridized carbons (Fsp3) is 0.647. The van der Waals surface area contributed by atoms with Crippen LogP contribution in [0.1, 0.15) is 64.5 Å². The first kappa shape index (κ1) is 18.0. The highest BCUT2D eigenvalue weighted by molar-refractivity contribution is 6.29. The highest BCUT2D eigenvalue weighted by Crippen LogP contribution is 2.25. The maximum absolute atomic E-state index is 12.3. The van der Waals surface area contributed by atoms with Crippen LogP contribution in [0.4, 0.5) is 0 Å². The standard InChI is InChI=1S/C17H27ClN2O/c1-11(16(2,3)4)10-19-15(21)12-8-13(17(5,6)7)20-14(18)9-12/h8-9,11H,10H2,1-7H3,(H,19,21). The Bertz CT molecular complexity index is 513. The molecule has 0 aliphatic heterocycles. The van der Waals surface area contributed by atoms with Gasteiger partial charge in [0, 0.05) is 23.2 Å². The van der Waals surface area contributed by atoms with Gasteiger partial charge in [-0.05, 0) is 23.5 Å². The van der Waals surface area contributed by atoms with Crippen molar-refractivity contribution in [2.45, 2.75) is 53.9 Å². The van der Waals surface area contributed by atoms with Gasteiger partial charge in [0.05, 0.1) is 0 Å². The van der Waals surface area contributed by atoms with E-state index in [4.69, 9.17) is 11.6 Å². The van der Waals surface area contributed by atoms with Crippen LogP contribution in [0, 0.1) is 11.3 Å². The quantitative estimate of drug-likeness (QED) is 0.838. The van der Waals surface area contributed by atoms with Gasteiger partial charge in [-0.1, -0.05) is 60.1 Å². The van der Waals surface area contributed by atoms with Crippen molar-refractivity contribution in [3.05, 3.63) is 28.5 Å². The highest BCUT2D eigenvalue weighted by atomic mass is 35.5. The molecule has 0 aliphatic rings. The van der Waals surface area contributed by atoms with Crippen LogP contribution in [-0.4, -0.2) is 17.4 Å². The maximum atomic E-state index is 12.3. The number of rotatable bonds is 3. The van der Waals surface area contributed by atoms with Crippen LogP contribution >= 0.6 is 11.6 Å². The molecular weight excluding hydrogens is 284 g/mol. The third-order valence-electron chi connectivity index (χ3n) is 3.87. The monoisotopic (exact) mass is 310 g/mol. The largest absolute Gasteiger partial charge is 0.352 e. The predicted molar refractivity (Wildman–Crippen MR) is 88.9 cm³/mol. The molecule has 0 fully saturated rings. The molecule has 0 saturated heterocycles. The molecule has 0 aromatic carbocycles. The molecule has 1 N–H and O–H groups in total. The van der Waals surface area contributed by atoms with E-state index in [0.29, 0.717) is 23.2 Å². The fourth-order valence-corrected chi connectivity index (χ4v) is 1.87. The topological polar surface area (TPSA) is 42.0 Å². The molecular formula is C17H27ClN2O. The molecule has 0 aliphatic carbocycles. The van der Waals surface area contributed by atoms with Crippen molar-refractivity contribution in [1.29, 1.82) is 0 Å². The van der Waals surface area contributed by atoms with E-state index in [2.05, 4.69) is 58.8 Å². The van der Waals surface area contributed by atoms with Crippen LogP contribution < -0.4 is 5.32 Å². The zero-order chi connectivity index (χ0) is 16.4. The number of nitrogens with one attached hydrogen (secondary N) is 1. The molecule has 0 spiro atoms. The molecule has 1 aromatic heterocycles. The van der Waals surface area contributed by atoms with Crippen molar-refractivity contribution >= 4 is 17.5 Å². The van der Waals surface area contributed by atoms with Gasteiger partial charge in [-0.25, -0.2) is 4.98 Å². The summed E-state index contributed by atoms with van der Waals surface area (Å²) in [4.78, 5) is 16.6. The summed E-state index contributed by atoms with van der Waals surface area (Å²) in [6.45, 7) is 15.5. The van der Waals surface area contributed by atoms with Crippen molar-refractivity contribution in [1.82, 2.24) is 10.3 Å². The number of hydrogen-bond donors (Lipinski definition) is 1. The van der Waals surface area contributed by atoms with Crippen molar-refractivity contribution in [3.8, 4) is 0 Å². The smallest absolute Gasteiger partial charge is 0.251 e. The Balaban J connectivity index is 2.86. The van der Waals surface area contributed by atoms with Crippen molar-refractivity contribution in [3.63, 3.8) is 0 Å². The lowest BCUT2D eigenvalue weighted by molar-refractivity contribution is 0.0937. The lowest BCUT2D eigenvalue weighted by Crippen LogP contribution is -2.33. The molecule has 0 saturated carbocycles. The number of aromatic nitrogens is 1. The van der Waals surface area contributed by atoms with Gasteiger partial charge in [0.15, 0.2) is 0 Å². The summed E-state index contributed by atoms with van der Waals surface area (Å²) in [7, 11) is 0. The first-order valence-electron chi connectivity index (χ1n) is 7.37. The van der Waals surface area contributed by atoms with E-state index < -0.39 is 0 Å². The average Bonchev–Trinajstić information content (AvgIpc) is 2.32. The van der Waals surface area contributed by atoms with Crippen molar-refractivity contribution in [2.75, 3.05) is 6.54 Å². The Hall–Kier alpha value is -1.09. The van der Waals surface area contributed by atoms with Crippen LogP contribution in [0.25, 0.3) is 0 Å². The SMILES string of the molecule is CC(CNC(=O)c1cc(Cl)nc(C(C)(C)C)c1)C(C)(C)C. The Kier molecular flexibility index (Phi) is 5.43. The summed E-state index contributed by atoms with van der Waals surface area (Å²) < 4.78 is 0. The molecule has 4 heteroatoms. The molecule has 0 bridgehead atoms. The van der Waals surface area contributed by atoms with E-state index in [9.17, 15) is 4.79 Å². The summed E-state index contributed by atoms with van der Waals surface area (Å²) in [5, 5.41) is 3.34. The third kappa shape index (κ3) is 5.31. The molecule has 1 heterocycles. The Morgan fingerprint density at radius 1 is 1.24 bits per heavy atom. The number of halogens is 1. The number of pyridine rings is 1. The number of carbonyl (C=O) groups is 1. The summed E-state index contributed by atoms with van der Waals surface area (Å²) in [5.41, 5.74) is 1.42. The highest BCUT2D eigenvalue weighted by Gasteiger charge is 2.22. The van der Waals surface area contributed by atoms with Gasteiger partial charge in [-0.15, -0.1) is 0 Å². The van der Waals surface area contributed by atoms with Crippen LogP contribution in [0.3, 0.4) is 0 Å². The Labute approximate surface area is 133 Å². The summed E-state index contributed by atoms with van der Waals surface area (Å²) in [6, 6.07) is 3.44. The first-order chi connectivity index (χ1) is 9.41. The fourth-order valence-electron chi connectivity index (χ4n) is 1.67. The van der Waals surface area contributed by atoms with Gasteiger partial charge in [0.1, 0.15) is 5.15 Å². The van der Waals surface area contributed by atoms with E-state index >= 15 is 0 Å². The van der Waals surface area contributed by atoms with Crippen LogP contribution in [0.2, 0.25) is 5.15 Å². The van der Waals surface area contributed by atoms with Gasteiger partial charge in [0.25, 0.3) is 5.91 Å². The van der Waals surface area contributed by atoms with Gasteiger partial charge < -0.3 is 5.32 Å². The molecule has 1 amide bonds. The predicted octanol–water partition coefficient (Wildman–Crippen LogP) is 4.44. The molecule has 1 aromatic rings. The number of hydrogen-bond acceptors (Lipinski definition) is 2. The minimum atomic E-state index is -0.140. The van der Waals surface area contributed by atoms with E-state index in [1.54, 1.807) is 6.07 Å². The second-order valence-corrected chi connectivity index (χ2v) is 8.18. The van der Waals surface area contributed by atoms with E-state index in [1.165, 1.54) is 0 Å². The number of amides is 1. The third-order valence-corrected chi connectivity index (χ3v) is 4.07. The Morgan fingerprint density at radius 2 is 1.81 bits per heavy atom. The Morgan fingerprint density at radius 3 is 2.29 bits per heavy atom. The minimum absolute atomic E-state index is 0.0964. The zero-order valence-electron chi connectivity index (χ0n) is 14.2. The minimum Gasteiger partial charge on any atom is -0.352 e. The second kappa shape index (κ2) is 6.35. The molecule has 21 heavy (non-hydrogen) atoms. The normalized spacial score (nSPS) is 13.9. The molecule has 0 radical (unpaired) electrons. The van der Waals surface area contributed by atoms with Crippen molar-refractivity contribution < 1.29 is 4.79 Å². The molecule has 1 rings (SSSR count). The van der Waals surface area contributed by atoms with Gasteiger partial charge in [0.2, 0.25) is 0 Å². The van der Waals surface area contributed by atoms with Gasteiger partial charge in [-0.2, -0.15) is 0 Å². The average molecular weight is 311 g/mol. The van der Waals surface area contributed by atoms with Crippen LogP contribution in [0.15, 0.2) is 12.1 Å². The molecule has 1 unspecified atom stereocenters. The zero-order valence-corrected chi connectivity index (χ0v) is 14.9. The van der Waals surface area contributed by atoms with E-state index in [0.717, 1.165) is 5.69 Å². The van der Waals surface area contributed by atoms with Gasteiger partial charge in [-0.3, -0.25) is 4.79 Å². The molecule has 118 valence electrons. The summed E-state index contributed by atoms with van der Waals surface area (Å²) in [6.07, 6.45) is 0. The van der Waals surface area contributed by atoms with Crippen LogP contribution in [-0.2, 0) is 5.41 Å². The molecule has 1 atom stereocenters. The second-order valence-electron chi connectivity index (χ2n) is 7.79. The van der Waals surface area contributed by atoms with E-state index in [1.807, 2.05) is 6.07 Å². The van der Waals surface area contributed by atoms with Crippen molar-refractivity contribution in [2.24, 2.45) is 11.3 Å². The summed E-state index contributed by atoms with van der Waals surface area (Å²) >= 11 is 6.04. The number of nitrogens with zero attached hydrogens (tertiary/aromatic N) is 1. The first-order valence-corrected chi connectivity index (χ1v) is 7.75. The van der Waals surface area contributed by atoms with Crippen LogP contribution in [0.5, 0.6) is 0 Å². The summed E-state index contributed by atoms with van der Waals surface area (Å²) in [5.74, 6) is 0.293. The maximum Gasteiger partial charge on any atom is 0.251 e. The lowest BCUT2D eigenvalue weighted by Gasteiger charge is -2.27. The van der Waals surface area contributed by atoms with E-state index in [-0.39, 0.29) is 16.7 Å². The molecule has 3 nitrogen and oxygen atoms in total.